The fraction of sp³-hybridized carbons (Fsp3) is 0.323. The van der Waals surface area contributed by atoms with E-state index in [2.05, 4.69) is 17.6 Å². The van der Waals surface area contributed by atoms with Gasteiger partial charge in [0.1, 0.15) is 6.61 Å². The van der Waals surface area contributed by atoms with E-state index in [1.807, 2.05) is 30.3 Å². The third-order valence-corrected chi connectivity index (χ3v) is 6.42. The molecule has 0 saturated carbocycles. The maximum atomic E-state index is 14.7. The molecule has 0 aromatic heterocycles. The molecular formula is C31H36FN3O5. The minimum Gasteiger partial charge on any atom is -0.494 e. The smallest absolute Gasteiger partial charge is 0.252 e. The first-order valence-corrected chi connectivity index (χ1v) is 13.3. The van der Waals surface area contributed by atoms with Crippen LogP contribution in [0.15, 0.2) is 72.8 Å². The molecule has 0 aliphatic rings. The topological polar surface area (TPSA) is 97.0 Å². The summed E-state index contributed by atoms with van der Waals surface area (Å²) in [7, 11) is 1.39. The van der Waals surface area contributed by atoms with E-state index in [1.54, 1.807) is 36.4 Å². The van der Waals surface area contributed by atoms with Gasteiger partial charge in [-0.05, 0) is 35.7 Å². The standard InChI is InChI=1S/C31H36FN3O5/c1-3-4-6-13-26(19-35(22-36)40-20-23-11-7-5-8-12-23)31(38)34-21-33-30(37)25-15-9-14-24(18-25)27-16-10-17-28(39-2)29(27)32/h5,7-12,14-18,22,26H,3-4,6,13,19-21H2,1-2H3,(H,33,37)(H,34,38)/t26-/m1/s1. The first kappa shape index (κ1) is 30.3. The summed E-state index contributed by atoms with van der Waals surface area (Å²) in [5, 5.41) is 6.56. The van der Waals surface area contributed by atoms with E-state index in [9.17, 15) is 18.8 Å². The molecule has 0 saturated heterocycles. The summed E-state index contributed by atoms with van der Waals surface area (Å²) in [6, 6.07) is 20.8. The predicted molar refractivity (Wildman–Crippen MR) is 150 cm³/mol. The average molecular weight is 550 g/mol. The number of hydroxylamine groups is 2. The molecule has 0 unspecified atom stereocenters. The third kappa shape index (κ3) is 8.91. The second-order valence-electron chi connectivity index (χ2n) is 9.28. The first-order chi connectivity index (χ1) is 19.5. The highest BCUT2D eigenvalue weighted by molar-refractivity contribution is 5.95. The van der Waals surface area contributed by atoms with Crippen molar-refractivity contribution in [1.29, 1.82) is 0 Å². The van der Waals surface area contributed by atoms with Crippen LogP contribution >= 0.6 is 0 Å². The normalized spacial score (nSPS) is 11.4. The molecule has 1 atom stereocenters. The maximum absolute atomic E-state index is 14.7. The van der Waals surface area contributed by atoms with Crippen LogP contribution in [0.25, 0.3) is 11.1 Å². The summed E-state index contributed by atoms with van der Waals surface area (Å²) in [6.45, 7) is 2.26. The summed E-state index contributed by atoms with van der Waals surface area (Å²) in [5.41, 5.74) is 2.05. The molecule has 3 rings (SSSR count). The zero-order valence-corrected chi connectivity index (χ0v) is 22.9. The maximum Gasteiger partial charge on any atom is 0.252 e. The van der Waals surface area contributed by atoms with Crippen LogP contribution in [-0.2, 0) is 21.0 Å². The molecule has 212 valence electrons. The summed E-state index contributed by atoms with van der Waals surface area (Å²) in [5.74, 6) is -1.63. The zero-order valence-electron chi connectivity index (χ0n) is 22.9. The Kier molecular flexibility index (Phi) is 12.1. The van der Waals surface area contributed by atoms with Crippen LogP contribution in [0.3, 0.4) is 0 Å². The lowest BCUT2D eigenvalue weighted by atomic mass is 10.00. The van der Waals surface area contributed by atoms with Crippen LogP contribution < -0.4 is 15.4 Å². The summed E-state index contributed by atoms with van der Waals surface area (Å²) >= 11 is 0. The van der Waals surface area contributed by atoms with Crippen LogP contribution in [0, 0.1) is 11.7 Å². The lowest BCUT2D eigenvalue weighted by molar-refractivity contribution is -0.182. The van der Waals surface area contributed by atoms with E-state index in [1.165, 1.54) is 13.2 Å². The van der Waals surface area contributed by atoms with Gasteiger partial charge in [-0.15, -0.1) is 0 Å². The SMILES string of the molecule is CCCCC[C@H](CN(C=O)OCc1ccccc1)C(=O)NCNC(=O)c1cccc(-c2cccc(OC)c2F)c1. The molecule has 0 heterocycles. The van der Waals surface area contributed by atoms with Crippen LogP contribution in [0.4, 0.5) is 4.39 Å². The Balaban J connectivity index is 1.58. The van der Waals surface area contributed by atoms with Crippen molar-refractivity contribution in [1.82, 2.24) is 15.7 Å². The largest absolute Gasteiger partial charge is 0.494 e. The van der Waals surface area contributed by atoms with E-state index in [-0.39, 0.29) is 31.5 Å². The highest BCUT2D eigenvalue weighted by atomic mass is 19.1. The molecule has 0 aliphatic heterocycles. The third-order valence-electron chi connectivity index (χ3n) is 6.42. The van der Waals surface area contributed by atoms with Crippen LogP contribution in [0.5, 0.6) is 5.75 Å². The van der Waals surface area contributed by atoms with Crippen molar-refractivity contribution in [3.05, 3.63) is 89.7 Å². The monoisotopic (exact) mass is 549 g/mol. The van der Waals surface area contributed by atoms with Gasteiger partial charge < -0.3 is 15.4 Å². The van der Waals surface area contributed by atoms with Gasteiger partial charge >= 0.3 is 0 Å². The molecule has 8 nitrogen and oxygen atoms in total. The van der Waals surface area contributed by atoms with Gasteiger partial charge in [0.05, 0.1) is 26.2 Å². The summed E-state index contributed by atoms with van der Waals surface area (Å²) < 4.78 is 19.8. The Hall–Kier alpha value is -4.24. The highest BCUT2D eigenvalue weighted by Crippen LogP contribution is 2.29. The number of benzene rings is 3. The molecule has 9 heteroatoms. The van der Waals surface area contributed by atoms with Crippen LogP contribution in [0.2, 0.25) is 0 Å². The number of unbranched alkanes of at least 4 members (excludes halogenated alkanes) is 2. The predicted octanol–water partition coefficient (Wildman–Crippen LogP) is 5.09. The van der Waals surface area contributed by atoms with E-state index in [4.69, 9.17) is 9.57 Å². The summed E-state index contributed by atoms with van der Waals surface area (Å²) in [4.78, 5) is 43.1. The Morgan fingerprint density at radius 1 is 1.00 bits per heavy atom. The number of amides is 3. The number of halogens is 1. The number of carbonyl (C=O) groups is 3. The minimum atomic E-state index is -0.513. The fourth-order valence-corrected chi connectivity index (χ4v) is 4.20. The average Bonchev–Trinajstić information content (AvgIpc) is 2.99. The highest BCUT2D eigenvalue weighted by Gasteiger charge is 2.22. The van der Waals surface area contributed by atoms with Crippen LogP contribution in [0.1, 0.15) is 48.5 Å². The number of nitrogens with zero attached hydrogens (tertiary/aromatic N) is 1. The van der Waals surface area contributed by atoms with Crippen molar-refractivity contribution in [2.45, 2.75) is 39.2 Å². The van der Waals surface area contributed by atoms with Crippen molar-refractivity contribution in [3.8, 4) is 16.9 Å². The van der Waals surface area contributed by atoms with Crippen molar-refractivity contribution >= 4 is 18.2 Å². The fourth-order valence-electron chi connectivity index (χ4n) is 4.20. The Labute approximate surface area is 234 Å². The van der Waals surface area contributed by atoms with E-state index in [0.29, 0.717) is 29.5 Å². The molecule has 0 spiro atoms. The van der Waals surface area contributed by atoms with E-state index in [0.717, 1.165) is 29.9 Å². The van der Waals surface area contributed by atoms with Gasteiger partial charge in [0.2, 0.25) is 12.3 Å². The quantitative estimate of drug-likeness (QED) is 0.112. The second-order valence-corrected chi connectivity index (χ2v) is 9.28. The first-order valence-electron chi connectivity index (χ1n) is 13.3. The Morgan fingerprint density at radius 2 is 1.77 bits per heavy atom. The van der Waals surface area contributed by atoms with Gasteiger partial charge in [-0.2, -0.15) is 0 Å². The summed E-state index contributed by atoms with van der Waals surface area (Å²) in [6.07, 6.45) is 3.91. The molecular weight excluding hydrogens is 513 g/mol. The molecule has 3 amide bonds. The lowest BCUT2D eigenvalue weighted by Gasteiger charge is -2.23. The molecule has 40 heavy (non-hydrogen) atoms. The van der Waals surface area contributed by atoms with Gasteiger partial charge in [0.15, 0.2) is 11.6 Å². The van der Waals surface area contributed by atoms with Crippen molar-refractivity contribution in [2.75, 3.05) is 20.3 Å². The molecule has 3 aromatic carbocycles. The van der Waals surface area contributed by atoms with Crippen molar-refractivity contribution in [3.63, 3.8) is 0 Å². The van der Waals surface area contributed by atoms with Gasteiger partial charge in [-0.1, -0.05) is 80.8 Å². The number of hydrogen-bond acceptors (Lipinski definition) is 5. The van der Waals surface area contributed by atoms with Crippen LogP contribution in [-0.4, -0.2) is 43.6 Å². The number of carbonyl (C=O) groups excluding carboxylic acids is 3. The molecule has 2 N–H and O–H groups in total. The zero-order chi connectivity index (χ0) is 28.7. The number of rotatable bonds is 16. The van der Waals surface area contributed by atoms with Gasteiger partial charge in [-0.25, -0.2) is 9.45 Å². The molecule has 0 fully saturated rings. The number of hydrogen-bond donors (Lipinski definition) is 2. The molecule has 0 bridgehead atoms. The van der Waals surface area contributed by atoms with Crippen molar-refractivity contribution in [2.24, 2.45) is 5.92 Å². The molecule has 3 aromatic rings. The van der Waals surface area contributed by atoms with Gasteiger partial charge in [0.25, 0.3) is 5.91 Å². The number of ether oxygens (including phenoxy) is 1. The van der Waals surface area contributed by atoms with E-state index < -0.39 is 17.6 Å². The minimum absolute atomic E-state index is 0.0912. The second kappa shape index (κ2) is 16.0. The Morgan fingerprint density at radius 3 is 2.50 bits per heavy atom. The van der Waals surface area contributed by atoms with Gasteiger partial charge in [0, 0.05) is 11.1 Å². The Bertz CT molecular complexity index is 1250. The van der Waals surface area contributed by atoms with E-state index >= 15 is 0 Å². The molecule has 0 aliphatic carbocycles. The van der Waals surface area contributed by atoms with Crippen molar-refractivity contribution < 1.29 is 28.3 Å². The number of nitrogens with one attached hydrogen (secondary N) is 2. The lowest BCUT2D eigenvalue weighted by Crippen LogP contribution is -2.43. The number of methoxy groups -OCH3 is 1. The van der Waals surface area contributed by atoms with Gasteiger partial charge in [-0.3, -0.25) is 19.2 Å². The molecule has 0 radical (unpaired) electrons.